The Morgan fingerprint density at radius 1 is 1.16 bits per heavy atom. The van der Waals surface area contributed by atoms with Crippen molar-refractivity contribution in [2.24, 2.45) is 11.8 Å². The van der Waals surface area contributed by atoms with Gasteiger partial charge < -0.3 is 10.0 Å². The standard InChI is InChI=1S/C12H14F3N3O/c13-12(14,15)10-3-11(17-6-16-10)18-4-7-1-9(19)2-8(7)5-18/h3,6-9,19H,1-2,4-5H2/t7-,8+,9?. The number of hydrogen-bond donors (Lipinski definition) is 1. The van der Waals surface area contributed by atoms with Crippen LogP contribution in [0.1, 0.15) is 18.5 Å². The summed E-state index contributed by atoms with van der Waals surface area (Å²) < 4.78 is 37.8. The summed E-state index contributed by atoms with van der Waals surface area (Å²) in [6, 6.07) is 0.997. The van der Waals surface area contributed by atoms with Crippen LogP contribution in [-0.2, 0) is 6.18 Å². The maximum absolute atomic E-state index is 12.6. The Morgan fingerprint density at radius 2 is 1.79 bits per heavy atom. The monoisotopic (exact) mass is 273 g/mol. The Hall–Kier alpha value is -1.37. The highest BCUT2D eigenvalue weighted by Crippen LogP contribution is 2.39. The largest absolute Gasteiger partial charge is 0.433 e. The molecule has 1 saturated heterocycles. The second kappa shape index (κ2) is 4.33. The molecule has 1 N–H and O–H groups in total. The van der Waals surface area contributed by atoms with E-state index in [9.17, 15) is 18.3 Å². The maximum atomic E-state index is 12.6. The zero-order valence-electron chi connectivity index (χ0n) is 10.1. The fourth-order valence-corrected chi connectivity index (χ4v) is 3.13. The molecule has 0 bridgehead atoms. The van der Waals surface area contributed by atoms with E-state index in [2.05, 4.69) is 9.97 Å². The summed E-state index contributed by atoms with van der Waals surface area (Å²) in [7, 11) is 0. The van der Waals surface area contributed by atoms with Gasteiger partial charge in [0.05, 0.1) is 6.10 Å². The van der Waals surface area contributed by atoms with E-state index < -0.39 is 11.9 Å². The van der Waals surface area contributed by atoms with E-state index >= 15 is 0 Å². The zero-order chi connectivity index (χ0) is 13.6. The van der Waals surface area contributed by atoms with Crippen LogP contribution >= 0.6 is 0 Å². The van der Waals surface area contributed by atoms with E-state index in [1.54, 1.807) is 0 Å². The second-order valence-electron chi connectivity index (χ2n) is 5.31. The van der Waals surface area contributed by atoms with Crippen molar-refractivity contribution < 1.29 is 18.3 Å². The molecule has 7 heteroatoms. The molecule has 4 nitrogen and oxygen atoms in total. The Labute approximate surface area is 108 Å². The van der Waals surface area contributed by atoms with Gasteiger partial charge in [0, 0.05) is 19.2 Å². The number of fused-ring (bicyclic) bond motifs is 1. The summed E-state index contributed by atoms with van der Waals surface area (Å²) in [6.07, 6.45) is -2.27. The molecular weight excluding hydrogens is 259 g/mol. The maximum Gasteiger partial charge on any atom is 0.433 e. The molecule has 1 aliphatic carbocycles. The molecule has 2 fully saturated rings. The van der Waals surface area contributed by atoms with Crippen LogP contribution in [0.3, 0.4) is 0 Å². The SMILES string of the molecule is OC1C[C@@H]2CN(c3cc(C(F)(F)F)ncn3)C[C@@H]2C1. The van der Waals surface area contributed by atoms with Gasteiger partial charge in [0.1, 0.15) is 17.8 Å². The molecule has 19 heavy (non-hydrogen) atoms. The van der Waals surface area contributed by atoms with Gasteiger partial charge in [-0.15, -0.1) is 0 Å². The molecule has 2 aliphatic rings. The minimum absolute atomic E-state index is 0.256. The first-order valence-electron chi connectivity index (χ1n) is 6.25. The molecule has 3 rings (SSSR count). The topological polar surface area (TPSA) is 49.2 Å². The van der Waals surface area contributed by atoms with Crippen LogP contribution in [0.2, 0.25) is 0 Å². The molecule has 0 aromatic carbocycles. The number of hydrogen-bond acceptors (Lipinski definition) is 4. The highest BCUT2D eigenvalue weighted by molar-refractivity contribution is 5.41. The molecule has 1 saturated carbocycles. The van der Waals surface area contributed by atoms with Crippen LogP contribution in [-0.4, -0.2) is 34.3 Å². The lowest BCUT2D eigenvalue weighted by Gasteiger charge is -2.19. The fraction of sp³-hybridized carbons (Fsp3) is 0.667. The average Bonchev–Trinajstić information content (AvgIpc) is 2.85. The number of halogens is 3. The number of anilines is 1. The molecule has 0 spiro atoms. The quantitative estimate of drug-likeness (QED) is 0.846. The molecule has 0 radical (unpaired) electrons. The van der Waals surface area contributed by atoms with Gasteiger partial charge in [-0.25, -0.2) is 9.97 Å². The molecule has 2 heterocycles. The van der Waals surface area contributed by atoms with Crippen molar-refractivity contribution in [2.75, 3.05) is 18.0 Å². The van der Waals surface area contributed by atoms with Crippen molar-refractivity contribution in [3.05, 3.63) is 18.1 Å². The molecule has 1 aromatic rings. The first-order valence-corrected chi connectivity index (χ1v) is 6.25. The Balaban J connectivity index is 1.78. The smallest absolute Gasteiger partial charge is 0.393 e. The van der Waals surface area contributed by atoms with E-state index in [0.29, 0.717) is 30.7 Å². The van der Waals surface area contributed by atoms with Crippen LogP contribution in [0.25, 0.3) is 0 Å². The number of aromatic nitrogens is 2. The lowest BCUT2D eigenvalue weighted by Crippen LogP contribution is -2.24. The predicted molar refractivity (Wildman–Crippen MR) is 61.5 cm³/mol. The summed E-state index contributed by atoms with van der Waals surface area (Å²) in [4.78, 5) is 9.06. The van der Waals surface area contributed by atoms with Crippen molar-refractivity contribution in [2.45, 2.75) is 25.1 Å². The third-order valence-electron chi connectivity index (χ3n) is 3.99. The van der Waals surface area contributed by atoms with Crippen LogP contribution < -0.4 is 4.90 Å². The van der Waals surface area contributed by atoms with E-state index in [-0.39, 0.29) is 6.10 Å². The van der Waals surface area contributed by atoms with Gasteiger partial charge in [0.25, 0.3) is 0 Å². The Bertz CT molecular complexity index is 466. The molecule has 1 unspecified atom stereocenters. The average molecular weight is 273 g/mol. The molecule has 1 aliphatic heterocycles. The van der Waals surface area contributed by atoms with Gasteiger partial charge in [-0.05, 0) is 24.7 Å². The summed E-state index contributed by atoms with van der Waals surface area (Å²) in [5.41, 5.74) is -0.908. The molecule has 1 aromatic heterocycles. The van der Waals surface area contributed by atoms with E-state index in [1.165, 1.54) is 0 Å². The Morgan fingerprint density at radius 3 is 2.37 bits per heavy atom. The third-order valence-corrected chi connectivity index (χ3v) is 3.99. The first kappa shape index (κ1) is 12.7. The number of alkyl halides is 3. The van der Waals surface area contributed by atoms with Crippen LogP contribution in [0.4, 0.5) is 19.0 Å². The van der Waals surface area contributed by atoms with Crippen LogP contribution in [0.15, 0.2) is 12.4 Å². The van der Waals surface area contributed by atoms with Crippen LogP contribution in [0, 0.1) is 11.8 Å². The van der Waals surface area contributed by atoms with Crippen molar-refractivity contribution in [1.29, 1.82) is 0 Å². The summed E-state index contributed by atoms with van der Waals surface area (Å²) in [5, 5.41) is 9.55. The number of nitrogens with zero attached hydrogens (tertiary/aromatic N) is 3. The fourth-order valence-electron chi connectivity index (χ4n) is 3.13. The van der Waals surface area contributed by atoms with Gasteiger partial charge in [0.15, 0.2) is 0 Å². The van der Waals surface area contributed by atoms with Crippen molar-refractivity contribution >= 4 is 5.82 Å². The number of aliphatic hydroxyl groups excluding tert-OH is 1. The van der Waals surface area contributed by atoms with Crippen molar-refractivity contribution in [1.82, 2.24) is 9.97 Å². The summed E-state index contributed by atoms with van der Waals surface area (Å²) in [6.45, 7) is 1.33. The molecule has 0 amide bonds. The lowest BCUT2D eigenvalue weighted by atomic mass is 10.0. The number of rotatable bonds is 1. The van der Waals surface area contributed by atoms with Gasteiger partial charge in [-0.1, -0.05) is 0 Å². The van der Waals surface area contributed by atoms with Crippen LogP contribution in [0.5, 0.6) is 0 Å². The Kier molecular flexibility index (Phi) is 2.88. The zero-order valence-corrected chi connectivity index (χ0v) is 10.1. The van der Waals surface area contributed by atoms with Gasteiger partial charge >= 0.3 is 6.18 Å². The minimum atomic E-state index is -4.44. The second-order valence-corrected chi connectivity index (χ2v) is 5.31. The predicted octanol–water partition coefficient (Wildman–Crippen LogP) is 1.70. The van der Waals surface area contributed by atoms with Gasteiger partial charge in [-0.3, -0.25) is 0 Å². The number of aliphatic hydroxyl groups is 1. The lowest BCUT2D eigenvalue weighted by molar-refractivity contribution is -0.141. The highest BCUT2D eigenvalue weighted by Gasteiger charge is 2.41. The molecular formula is C12H14F3N3O. The van der Waals surface area contributed by atoms with E-state index in [0.717, 1.165) is 25.2 Å². The molecule has 3 atom stereocenters. The van der Waals surface area contributed by atoms with Gasteiger partial charge in [-0.2, -0.15) is 13.2 Å². The minimum Gasteiger partial charge on any atom is -0.393 e. The normalized spacial score (nSPS) is 30.7. The van der Waals surface area contributed by atoms with E-state index in [4.69, 9.17) is 0 Å². The third kappa shape index (κ3) is 2.39. The van der Waals surface area contributed by atoms with Crippen molar-refractivity contribution in [3.63, 3.8) is 0 Å². The van der Waals surface area contributed by atoms with Crippen molar-refractivity contribution in [3.8, 4) is 0 Å². The molecule has 104 valence electrons. The highest BCUT2D eigenvalue weighted by atomic mass is 19.4. The first-order chi connectivity index (χ1) is 8.93. The van der Waals surface area contributed by atoms with E-state index in [1.807, 2.05) is 4.90 Å². The summed E-state index contributed by atoms with van der Waals surface area (Å²) in [5.74, 6) is 1.05. The van der Waals surface area contributed by atoms with Gasteiger partial charge in [0.2, 0.25) is 0 Å². The summed E-state index contributed by atoms with van der Waals surface area (Å²) >= 11 is 0.